The zero-order valence-corrected chi connectivity index (χ0v) is 11.2. The second-order valence-corrected chi connectivity index (χ2v) is 5.84. The molecule has 1 aliphatic rings. The van der Waals surface area contributed by atoms with Gasteiger partial charge in [-0.3, -0.25) is 0 Å². The van der Waals surface area contributed by atoms with Gasteiger partial charge in [0.1, 0.15) is 0 Å². The van der Waals surface area contributed by atoms with Crippen molar-refractivity contribution >= 4 is 0 Å². The topological polar surface area (TPSA) is 32.3 Å². The molecule has 18 heavy (non-hydrogen) atoms. The lowest BCUT2D eigenvalue weighted by Gasteiger charge is -2.33. The van der Waals surface area contributed by atoms with Crippen LogP contribution in [0, 0.1) is 11.8 Å². The van der Waals surface area contributed by atoms with Gasteiger partial charge in [0, 0.05) is 5.54 Å². The minimum absolute atomic E-state index is 0.214. The Bertz CT molecular complexity index is 255. The molecule has 2 unspecified atom stereocenters. The van der Waals surface area contributed by atoms with Gasteiger partial charge in [0.25, 0.3) is 0 Å². The van der Waals surface area contributed by atoms with Crippen LogP contribution in [0.2, 0.25) is 0 Å². The number of hydrogen-bond acceptors (Lipinski definition) is 2. The molecule has 1 aliphatic carbocycles. The summed E-state index contributed by atoms with van der Waals surface area (Å²) in [6.07, 6.45) is -0.137. The molecule has 0 heterocycles. The summed E-state index contributed by atoms with van der Waals surface area (Å²) in [5.41, 5.74) is -0.737. The Morgan fingerprint density at radius 1 is 1.28 bits per heavy atom. The largest absolute Gasteiger partial charge is 0.401 e. The van der Waals surface area contributed by atoms with E-state index in [1.54, 1.807) is 0 Å². The van der Waals surface area contributed by atoms with E-state index in [-0.39, 0.29) is 6.61 Å². The summed E-state index contributed by atoms with van der Waals surface area (Å²) in [5.74, 6) is 1.12. The second-order valence-electron chi connectivity index (χ2n) is 5.84. The fourth-order valence-electron chi connectivity index (χ4n) is 2.78. The first-order chi connectivity index (χ1) is 8.28. The minimum atomic E-state index is -4.22. The molecule has 0 radical (unpaired) electrons. The van der Waals surface area contributed by atoms with Crippen LogP contribution < -0.4 is 5.32 Å². The van der Waals surface area contributed by atoms with Gasteiger partial charge in [-0.2, -0.15) is 13.2 Å². The van der Waals surface area contributed by atoms with E-state index in [9.17, 15) is 18.3 Å². The van der Waals surface area contributed by atoms with Crippen LogP contribution in [0.15, 0.2) is 0 Å². The van der Waals surface area contributed by atoms with Gasteiger partial charge >= 0.3 is 6.18 Å². The van der Waals surface area contributed by atoms with Crippen molar-refractivity contribution < 1.29 is 18.3 Å². The van der Waals surface area contributed by atoms with Gasteiger partial charge in [0.15, 0.2) is 0 Å². The van der Waals surface area contributed by atoms with E-state index in [0.29, 0.717) is 24.7 Å². The minimum Gasteiger partial charge on any atom is -0.394 e. The molecule has 2 atom stereocenters. The van der Waals surface area contributed by atoms with Crippen LogP contribution in [0.3, 0.4) is 0 Å². The molecule has 0 amide bonds. The first-order valence-electron chi connectivity index (χ1n) is 6.71. The van der Waals surface area contributed by atoms with E-state index in [1.165, 1.54) is 0 Å². The van der Waals surface area contributed by atoms with Gasteiger partial charge in [0.2, 0.25) is 0 Å². The molecular weight excluding hydrogens is 243 g/mol. The monoisotopic (exact) mass is 267 g/mol. The van der Waals surface area contributed by atoms with Crippen LogP contribution >= 0.6 is 0 Å². The maximum atomic E-state index is 12.3. The van der Waals surface area contributed by atoms with E-state index in [4.69, 9.17) is 0 Å². The van der Waals surface area contributed by atoms with E-state index < -0.39 is 18.3 Å². The standard InChI is InChI=1S/C13H24F3NO/c1-10(2)11-4-3-6-12(9-18,7-5-11)17-8-13(14,15)16/h10-11,17-18H,3-9H2,1-2H3. The normalized spacial score (nSPS) is 30.5. The van der Waals surface area contributed by atoms with Crippen LogP contribution in [0.4, 0.5) is 13.2 Å². The predicted octanol–water partition coefficient (Wildman–Crippen LogP) is 3.11. The molecule has 0 aromatic heterocycles. The van der Waals surface area contributed by atoms with Crippen molar-refractivity contribution in [3.8, 4) is 0 Å². The molecule has 1 rings (SSSR count). The Morgan fingerprint density at radius 2 is 1.94 bits per heavy atom. The lowest BCUT2D eigenvalue weighted by Crippen LogP contribution is -2.51. The molecular formula is C13H24F3NO. The number of rotatable bonds is 4. The fourth-order valence-corrected chi connectivity index (χ4v) is 2.78. The molecule has 1 saturated carbocycles. The third-order valence-corrected chi connectivity index (χ3v) is 4.13. The smallest absolute Gasteiger partial charge is 0.394 e. The van der Waals surface area contributed by atoms with E-state index in [0.717, 1.165) is 19.3 Å². The SMILES string of the molecule is CC(C)C1CCCC(CO)(NCC(F)(F)F)CC1. The molecule has 0 aromatic rings. The van der Waals surface area contributed by atoms with E-state index in [1.807, 2.05) is 0 Å². The number of hydrogen-bond donors (Lipinski definition) is 2. The summed E-state index contributed by atoms with van der Waals surface area (Å²) >= 11 is 0. The summed E-state index contributed by atoms with van der Waals surface area (Å²) in [7, 11) is 0. The highest BCUT2D eigenvalue weighted by atomic mass is 19.4. The molecule has 0 saturated heterocycles. The number of aliphatic hydroxyl groups is 1. The van der Waals surface area contributed by atoms with Crippen molar-refractivity contribution in [1.82, 2.24) is 5.32 Å². The Balaban J connectivity index is 2.59. The fraction of sp³-hybridized carbons (Fsp3) is 1.00. The molecule has 2 nitrogen and oxygen atoms in total. The maximum Gasteiger partial charge on any atom is 0.401 e. The summed E-state index contributed by atoms with van der Waals surface area (Å²) in [5, 5.41) is 12.0. The Morgan fingerprint density at radius 3 is 2.44 bits per heavy atom. The zero-order chi connectivity index (χ0) is 13.8. The van der Waals surface area contributed by atoms with E-state index >= 15 is 0 Å². The maximum absolute atomic E-state index is 12.3. The van der Waals surface area contributed by atoms with Crippen LogP contribution in [-0.2, 0) is 0 Å². The van der Waals surface area contributed by atoms with Crippen LogP contribution in [-0.4, -0.2) is 30.0 Å². The molecule has 0 bridgehead atoms. The summed E-state index contributed by atoms with van der Waals surface area (Å²) in [6, 6.07) is 0. The summed E-state index contributed by atoms with van der Waals surface area (Å²) in [6.45, 7) is 3.08. The quantitative estimate of drug-likeness (QED) is 0.767. The average molecular weight is 267 g/mol. The molecule has 0 spiro atoms. The van der Waals surface area contributed by atoms with Crippen LogP contribution in [0.25, 0.3) is 0 Å². The van der Waals surface area contributed by atoms with Gasteiger partial charge in [-0.05, 0) is 31.1 Å². The zero-order valence-electron chi connectivity index (χ0n) is 11.2. The molecule has 5 heteroatoms. The first kappa shape index (κ1) is 15.8. The highest BCUT2D eigenvalue weighted by Gasteiger charge is 2.37. The number of nitrogens with one attached hydrogen (secondary N) is 1. The van der Waals surface area contributed by atoms with Crippen molar-refractivity contribution in [1.29, 1.82) is 0 Å². The van der Waals surface area contributed by atoms with Crippen molar-refractivity contribution in [2.75, 3.05) is 13.2 Å². The highest BCUT2D eigenvalue weighted by molar-refractivity contribution is 4.91. The van der Waals surface area contributed by atoms with Crippen molar-refractivity contribution in [3.05, 3.63) is 0 Å². The lowest BCUT2D eigenvalue weighted by molar-refractivity contribution is -0.130. The Hall–Kier alpha value is -0.290. The third kappa shape index (κ3) is 4.76. The molecule has 1 fully saturated rings. The second kappa shape index (κ2) is 6.24. The third-order valence-electron chi connectivity index (χ3n) is 4.13. The van der Waals surface area contributed by atoms with Crippen molar-refractivity contribution in [2.24, 2.45) is 11.8 Å². The number of aliphatic hydroxyl groups excluding tert-OH is 1. The lowest BCUT2D eigenvalue weighted by atomic mass is 9.87. The van der Waals surface area contributed by atoms with Gasteiger partial charge in [-0.1, -0.05) is 26.7 Å². The predicted molar refractivity (Wildman–Crippen MR) is 65.3 cm³/mol. The highest BCUT2D eigenvalue weighted by Crippen LogP contribution is 2.34. The Kier molecular flexibility index (Phi) is 5.46. The summed E-state index contributed by atoms with van der Waals surface area (Å²) < 4.78 is 36.8. The number of halogens is 3. The molecule has 0 aromatic carbocycles. The average Bonchev–Trinajstić information content (AvgIpc) is 2.48. The van der Waals surface area contributed by atoms with Crippen LogP contribution in [0.5, 0.6) is 0 Å². The first-order valence-corrected chi connectivity index (χ1v) is 6.71. The van der Waals surface area contributed by atoms with Crippen LogP contribution in [0.1, 0.15) is 46.0 Å². The van der Waals surface area contributed by atoms with Gasteiger partial charge < -0.3 is 10.4 Å². The van der Waals surface area contributed by atoms with Gasteiger partial charge in [0.05, 0.1) is 13.2 Å². The molecule has 2 N–H and O–H groups in total. The van der Waals surface area contributed by atoms with Crippen molar-refractivity contribution in [2.45, 2.75) is 57.7 Å². The Labute approximate surface area is 107 Å². The molecule has 0 aliphatic heterocycles. The number of alkyl halides is 3. The van der Waals surface area contributed by atoms with E-state index in [2.05, 4.69) is 19.2 Å². The summed E-state index contributed by atoms with van der Waals surface area (Å²) in [4.78, 5) is 0. The van der Waals surface area contributed by atoms with Crippen molar-refractivity contribution in [3.63, 3.8) is 0 Å². The molecule has 108 valence electrons. The van der Waals surface area contributed by atoms with Gasteiger partial charge in [-0.25, -0.2) is 0 Å². The van der Waals surface area contributed by atoms with Gasteiger partial charge in [-0.15, -0.1) is 0 Å².